The quantitative estimate of drug-likeness (QED) is 0.777. The molecule has 1 aromatic carbocycles. The number of methoxy groups -OCH3 is 1. The fourth-order valence-electron chi connectivity index (χ4n) is 2.00. The molecule has 4 nitrogen and oxygen atoms in total. The summed E-state index contributed by atoms with van der Waals surface area (Å²) in [5.41, 5.74) is 0.855. The van der Waals surface area contributed by atoms with E-state index in [9.17, 15) is 5.11 Å². The number of hydrogen-bond acceptors (Lipinski definition) is 4. The highest BCUT2D eigenvalue weighted by atomic mass is 16.5. The monoisotopic (exact) mass is 261 g/mol. The normalized spacial score (nSPS) is 12.7. The van der Waals surface area contributed by atoms with E-state index in [4.69, 9.17) is 9.47 Å². The number of fused-ring (bicyclic) bond motifs is 1. The first kappa shape index (κ1) is 13.9. The summed E-state index contributed by atoms with van der Waals surface area (Å²) in [6.45, 7) is 1.64. The standard InChI is InChI=1S/C15H19NO3/c1-18-8-9-19-7-6-15(17)14-11-16-10-12-4-2-3-5-13(12)14/h2-5,10-11,15,17H,6-9H2,1H3. The van der Waals surface area contributed by atoms with Crippen LogP contribution < -0.4 is 0 Å². The topological polar surface area (TPSA) is 51.6 Å². The molecule has 0 aliphatic heterocycles. The molecule has 0 aliphatic rings. The molecule has 0 saturated carbocycles. The number of ether oxygens (including phenoxy) is 2. The largest absolute Gasteiger partial charge is 0.388 e. The first-order valence-corrected chi connectivity index (χ1v) is 6.40. The minimum Gasteiger partial charge on any atom is -0.388 e. The van der Waals surface area contributed by atoms with Crippen molar-refractivity contribution in [1.82, 2.24) is 4.98 Å². The molecule has 1 unspecified atom stereocenters. The van der Waals surface area contributed by atoms with Crippen LogP contribution in [0, 0.1) is 0 Å². The second kappa shape index (κ2) is 7.19. The smallest absolute Gasteiger partial charge is 0.0832 e. The molecule has 2 rings (SSSR count). The van der Waals surface area contributed by atoms with Gasteiger partial charge < -0.3 is 14.6 Å². The lowest BCUT2D eigenvalue weighted by Crippen LogP contribution is -2.07. The Morgan fingerprint density at radius 3 is 2.84 bits per heavy atom. The van der Waals surface area contributed by atoms with E-state index in [1.807, 2.05) is 24.3 Å². The Hall–Kier alpha value is -1.49. The third kappa shape index (κ3) is 3.73. The molecule has 0 amide bonds. The first-order valence-electron chi connectivity index (χ1n) is 6.40. The van der Waals surface area contributed by atoms with Crippen LogP contribution in [0.4, 0.5) is 0 Å². The van der Waals surface area contributed by atoms with Gasteiger partial charge in [0.1, 0.15) is 0 Å². The van der Waals surface area contributed by atoms with E-state index in [0.717, 1.165) is 16.3 Å². The second-order valence-corrected chi connectivity index (χ2v) is 4.36. The van der Waals surface area contributed by atoms with Crippen molar-refractivity contribution >= 4 is 10.8 Å². The van der Waals surface area contributed by atoms with Crippen LogP contribution in [0.25, 0.3) is 10.8 Å². The maximum absolute atomic E-state index is 10.2. The van der Waals surface area contributed by atoms with Crippen LogP contribution in [0.1, 0.15) is 18.1 Å². The van der Waals surface area contributed by atoms with Gasteiger partial charge >= 0.3 is 0 Å². The van der Waals surface area contributed by atoms with Crippen molar-refractivity contribution in [2.24, 2.45) is 0 Å². The van der Waals surface area contributed by atoms with E-state index in [1.165, 1.54) is 0 Å². The van der Waals surface area contributed by atoms with Crippen LogP contribution >= 0.6 is 0 Å². The van der Waals surface area contributed by atoms with Gasteiger partial charge in [-0.3, -0.25) is 4.98 Å². The lowest BCUT2D eigenvalue weighted by molar-refractivity contribution is 0.0478. The third-order valence-electron chi connectivity index (χ3n) is 3.03. The number of pyridine rings is 1. The van der Waals surface area contributed by atoms with E-state index in [-0.39, 0.29) is 0 Å². The SMILES string of the molecule is COCCOCCC(O)c1cncc2ccccc12. The summed E-state index contributed by atoms with van der Waals surface area (Å²) in [6, 6.07) is 7.93. The summed E-state index contributed by atoms with van der Waals surface area (Å²) in [5.74, 6) is 0. The molecule has 102 valence electrons. The summed E-state index contributed by atoms with van der Waals surface area (Å²) < 4.78 is 10.3. The van der Waals surface area contributed by atoms with Crippen LogP contribution in [0.5, 0.6) is 0 Å². The van der Waals surface area contributed by atoms with Gasteiger partial charge in [-0.25, -0.2) is 0 Å². The van der Waals surface area contributed by atoms with Gasteiger partial charge in [0.15, 0.2) is 0 Å². The molecule has 4 heteroatoms. The Morgan fingerprint density at radius 1 is 1.16 bits per heavy atom. The molecular formula is C15H19NO3. The minimum absolute atomic E-state index is 0.508. The van der Waals surface area contributed by atoms with Gasteiger partial charge in [0.05, 0.1) is 19.3 Å². The maximum Gasteiger partial charge on any atom is 0.0832 e. The Kier molecular flexibility index (Phi) is 5.27. The van der Waals surface area contributed by atoms with Crippen molar-refractivity contribution in [3.8, 4) is 0 Å². The highest BCUT2D eigenvalue weighted by Crippen LogP contribution is 2.24. The molecule has 0 bridgehead atoms. The lowest BCUT2D eigenvalue weighted by Gasteiger charge is -2.13. The van der Waals surface area contributed by atoms with Gasteiger partial charge in [-0.15, -0.1) is 0 Å². The molecule has 19 heavy (non-hydrogen) atoms. The molecule has 1 aromatic heterocycles. The van der Waals surface area contributed by atoms with Gasteiger partial charge in [-0.05, 0) is 5.39 Å². The summed E-state index contributed by atoms with van der Waals surface area (Å²) >= 11 is 0. The van der Waals surface area contributed by atoms with E-state index in [2.05, 4.69) is 4.98 Å². The fourth-order valence-corrected chi connectivity index (χ4v) is 2.00. The van der Waals surface area contributed by atoms with Crippen molar-refractivity contribution in [2.75, 3.05) is 26.9 Å². The molecular weight excluding hydrogens is 242 g/mol. The molecule has 0 fully saturated rings. The molecule has 1 N–H and O–H groups in total. The van der Waals surface area contributed by atoms with Crippen LogP contribution in [-0.2, 0) is 9.47 Å². The number of aliphatic hydroxyl groups is 1. The van der Waals surface area contributed by atoms with Gasteiger partial charge in [0, 0.05) is 43.5 Å². The second-order valence-electron chi connectivity index (χ2n) is 4.36. The Labute approximate surface area is 113 Å². The molecule has 0 radical (unpaired) electrons. The molecule has 0 aliphatic carbocycles. The number of hydrogen-bond donors (Lipinski definition) is 1. The third-order valence-corrected chi connectivity index (χ3v) is 3.03. The zero-order valence-corrected chi connectivity index (χ0v) is 11.1. The number of rotatable bonds is 7. The maximum atomic E-state index is 10.2. The first-order chi connectivity index (χ1) is 9.33. The van der Waals surface area contributed by atoms with E-state index in [0.29, 0.717) is 26.2 Å². The molecule has 1 heterocycles. The number of nitrogens with zero attached hydrogens (tertiary/aromatic N) is 1. The Morgan fingerprint density at radius 2 is 2.00 bits per heavy atom. The van der Waals surface area contributed by atoms with E-state index >= 15 is 0 Å². The van der Waals surface area contributed by atoms with Crippen LogP contribution in [-0.4, -0.2) is 37.0 Å². The summed E-state index contributed by atoms with van der Waals surface area (Å²) in [5, 5.41) is 12.3. The highest BCUT2D eigenvalue weighted by molar-refractivity contribution is 5.84. The Bertz CT molecular complexity index is 510. The molecule has 0 spiro atoms. The predicted octanol–water partition coefficient (Wildman–Crippen LogP) is 2.32. The Balaban J connectivity index is 1.99. The van der Waals surface area contributed by atoms with Crippen molar-refractivity contribution in [3.05, 3.63) is 42.2 Å². The average Bonchev–Trinajstić information content (AvgIpc) is 2.46. The van der Waals surface area contributed by atoms with E-state index in [1.54, 1.807) is 19.5 Å². The number of aromatic nitrogens is 1. The fraction of sp³-hybridized carbons (Fsp3) is 0.400. The number of benzene rings is 1. The highest BCUT2D eigenvalue weighted by Gasteiger charge is 2.11. The van der Waals surface area contributed by atoms with Crippen molar-refractivity contribution in [2.45, 2.75) is 12.5 Å². The van der Waals surface area contributed by atoms with Gasteiger partial charge in [-0.2, -0.15) is 0 Å². The zero-order valence-electron chi connectivity index (χ0n) is 11.1. The molecule has 0 saturated heterocycles. The van der Waals surface area contributed by atoms with Crippen molar-refractivity contribution < 1.29 is 14.6 Å². The zero-order chi connectivity index (χ0) is 13.5. The van der Waals surface area contributed by atoms with Crippen LogP contribution in [0.3, 0.4) is 0 Å². The number of aliphatic hydroxyl groups excluding tert-OH is 1. The minimum atomic E-state index is -0.554. The predicted molar refractivity (Wildman–Crippen MR) is 74.0 cm³/mol. The van der Waals surface area contributed by atoms with Gasteiger partial charge in [-0.1, -0.05) is 24.3 Å². The van der Waals surface area contributed by atoms with Crippen molar-refractivity contribution in [1.29, 1.82) is 0 Å². The molecule has 2 aromatic rings. The lowest BCUT2D eigenvalue weighted by atomic mass is 10.0. The summed E-state index contributed by atoms with van der Waals surface area (Å²) in [4.78, 5) is 4.17. The van der Waals surface area contributed by atoms with Crippen molar-refractivity contribution in [3.63, 3.8) is 0 Å². The van der Waals surface area contributed by atoms with Gasteiger partial charge in [0.25, 0.3) is 0 Å². The van der Waals surface area contributed by atoms with Gasteiger partial charge in [0.2, 0.25) is 0 Å². The van der Waals surface area contributed by atoms with E-state index < -0.39 is 6.10 Å². The van der Waals surface area contributed by atoms with Crippen LogP contribution in [0.2, 0.25) is 0 Å². The average molecular weight is 261 g/mol. The van der Waals surface area contributed by atoms with Crippen LogP contribution in [0.15, 0.2) is 36.7 Å². The molecule has 1 atom stereocenters. The summed E-state index contributed by atoms with van der Waals surface area (Å²) in [7, 11) is 1.64. The summed E-state index contributed by atoms with van der Waals surface area (Å²) in [6.07, 6.45) is 3.53.